The van der Waals surface area contributed by atoms with E-state index in [1.807, 2.05) is 0 Å². The molecule has 0 aromatic heterocycles. The molecule has 2 aliphatic rings. The Morgan fingerprint density at radius 3 is 2.85 bits per heavy atom. The van der Waals surface area contributed by atoms with E-state index in [0.717, 1.165) is 19.8 Å². The van der Waals surface area contributed by atoms with E-state index >= 15 is 0 Å². The maximum atomic E-state index is 5.78. The van der Waals surface area contributed by atoms with Crippen LogP contribution in [0.15, 0.2) is 18.2 Å². The molecule has 2 aliphatic heterocycles. The zero-order valence-corrected chi connectivity index (χ0v) is 7.67. The molecule has 1 aromatic rings. The van der Waals surface area contributed by atoms with E-state index in [-0.39, 0.29) is 5.60 Å². The van der Waals surface area contributed by atoms with E-state index in [0.29, 0.717) is 0 Å². The first-order valence-corrected chi connectivity index (χ1v) is 4.62. The fourth-order valence-electron chi connectivity index (χ4n) is 2.06. The topological polar surface area (TPSA) is 18.5 Å². The van der Waals surface area contributed by atoms with Crippen LogP contribution in [0.1, 0.15) is 16.7 Å². The quantitative estimate of drug-likeness (QED) is 0.599. The van der Waals surface area contributed by atoms with Gasteiger partial charge in [0.25, 0.3) is 0 Å². The number of hydrogen-bond acceptors (Lipinski definition) is 2. The number of rotatable bonds is 0. The van der Waals surface area contributed by atoms with E-state index < -0.39 is 0 Å². The van der Waals surface area contributed by atoms with Crippen molar-refractivity contribution in [3.8, 4) is 0 Å². The van der Waals surface area contributed by atoms with Crippen LogP contribution in [0.2, 0.25) is 0 Å². The maximum Gasteiger partial charge on any atom is 0.140 e. The summed E-state index contributed by atoms with van der Waals surface area (Å²) in [5.74, 6) is 0. The van der Waals surface area contributed by atoms with Crippen LogP contribution >= 0.6 is 0 Å². The van der Waals surface area contributed by atoms with Crippen LogP contribution in [0, 0.1) is 6.92 Å². The van der Waals surface area contributed by atoms with Gasteiger partial charge in [-0.15, -0.1) is 0 Å². The summed E-state index contributed by atoms with van der Waals surface area (Å²) < 4.78 is 11.0. The average molecular weight is 176 g/mol. The Balaban J connectivity index is 2.14. The summed E-state index contributed by atoms with van der Waals surface area (Å²) in [6.45, 7) is 4.32. The van der Waals surface area contributed by atoms with Crippen molar-refractivity contribution < 1.29 is 9.47 Å². The Labute approximate surface area is 77.5 Å². The Bertz CT molecular complexity index is 353. The highest BCUT2D eigenvalue weighted by molar-refractivity contribution is 5.39. The van der Waals surface area contributed by atoms with Gasteiger partial charge in [0.05, 0.1) is 19.8 Å². The Hall–Kier alpha value is -0.860. The second-order valence-electron chi connectivity index (χ2n) is 3.94. The van der Waals surface area contributed by atoms with E-state index in [9.17, 15) is 0 Å². The number of aryl methyl sites for hydroxylation is 1. The second-order valence-corrected chi connectivity index (χ2v) is 3.94. The summed E-state index contributed by atoms with van der Waals surface area (Å²) in [6, 6.07) is 6.53. The van der Waals surface area contributed by atoms with E-state index in [4.69, 9.17) is 9.47 Å². The molecule has 0 amide bonds. The van der Waals surface area contributed by atoms with Crippen LogP contribution < -0.4 is 0 Å². The summed E-state index contributed by atoms with van der Waals surface area (Å²) in [7, 11) is 0. The standard InChI is InChI=1S/C11H12O2/c1-8-2-3-9-5-13-11(6-12-7-11)10(9)4-8/h2-4H,5-7H2,1H3. The molecular weight excluding hydrogens is 164 g/mol. The SMILES string of the molecule is Cc1ccc2c(c1)C1(COC1)OC2. The van der Waals surface area contributed by atoms with Gasteiger partial charge in [-0.1, -0.05) is 23.8 Å². The fourth-order valence-corrected chi connectivity index (χ4v) is 2.06. The van der Waals surface area contributed by atoms with Crippen molar-refractivity contribution >= 4 is 0 Å². The monoisotopic (exact) mass is 176 g/mol. The van der Waals surface area contributed by atoms with E-state index in [1.54, 1.807) is 0 Å². The summed E-state index contributed by atoms with van der Waals surface area (Å²) in [4.78, 5) is 0. The van der Waals surface area contributed by atoms with Gasteiger partial charge in [-0.3, -0.25) is 0 Å². The highest BCUT2D eigenvalue weighted by Gasteiger charge is 2.46. The van der Waals surface area contributed by atoms with Crippen molar-refractivity contribution in [2.75, 3.05) is 13.2 Å². The van der Waals surface area contributed by atoms with Crippen molar-refractivity contribution in [3.05, 3.63) is 34.9 Å². The van der Waals surface area contributed by atoms with Gasteiger partial charge in [-0.05, 0) is 18.1 Å². The van der Waals surface area contributed by atoms with Crippen LogP contribution in [0.4, 0.5) is 0 Å². The lowest BCUT2D eigenvalue weighted by atomic mass is 9.90. The molecule has 13 heavy (non-hydrogen) atoms. The molecule has 1 spiro atoms. The van der Waals surface area contributed by atoms with Crippen LogP contribution in [0.25, 0.3) is 0 Å². The lowest BCUT2D eigenvalue weighted by Gasteiger charge is -2.37. The Morgan fingerprint density at radius 1 is 1.31 bits per heavy atom. The number of hydrogen-bond donors (Lipinski definition) is 0. The summed E-state index contributed by atoms with van der Waals surface area (Å²) in [5.41, 5.74) is 3.89. The van der Waals surface area contributed by atoms with Crippen molar-refractivity contribution in [1.82, 2.24) is 0 Å². The third-order valence-electron chi connectivity index (χ3n) is 2.93. The highest BCUT2D eigenvalue weighted by atomic mass is 16.6. The molecule has 0 saturated carbocycles. The second kappa shape index (κ2) is 2.34. The van der Waals surface area contributed by atoms with Gasteiger partial charge in [0, 0.05) is 0 Å². The van der Waals surface area contributed by atoms with Crippen LogP contribution in [0.5, 0.6) is 0 Å². The zero-order chi connectivity index (χ0) is 8.89. The zero-order valence-electron chi connectivity index (χ0n) is 7.67. The molecule has 3 rings (SSSR count). The molecule has 0 aliphatic carbocycles. The normalized spacial score (nSPS) is 22.8. The Morgan fingerprint density at radius 2 is 2.15 bits per heavy atom. The van der Waals surface area contributed by atoms with Crippen molar-refractivity contribution in [2.45, 2.75) is 19.1 Å². The Kier molecular flexibility index (Phi) is 1.35. The van der Waals surface area contributed by atoms with E-state index in [2.05, 4.69) is 25.1 Å². The number of benzene rings is 1. The lowest BCUT2D eigenvalue weighted by Crippen LogP contribution is -2.46. The molecule has 0 radical (unpaired) electrons. The van der Waals surface area contributed by atoms with Gasteiger partial charge >= 0.3 is 0 Å². The van der Waals surface area contributed by atoms with E-state index in [1.165, 1.54) is 16.7 Å². The van der Waals surface area contributed by atoms with Crippen molar-refractivity contribution in [1.29, 1.82) is 0 Å². The minimum Gasteiger partial charge on any atom is -0.375 e. The van der Waals surface area contributed by atoms with Crippen LogP contribution in [0.3, 0.4) is 0 Å². The van der Waals surface area contributed by atoms with Crippen molar-refractivity contribution in [3.63, 3.8) is 0 Å². The summed E-state index contributed by atoms with van der Waals surface area (Å²) in [6.07, 6.45) is 0. The molecule has 0 bridgehead atoms. The largest absolute Gasteiger partial charge is 0.375 e. The summed E-state index contributed by atoms with van der Waals surface area (Å²) >= 11 is 0. The van der Waals surface area contributed by atoms with Gasteiger partial charge in [-0.25, -0.2) is 0 Å². The average Bonchev–Trinajstić information content (AvgIpc) is 2.41. The van der Waals surface area contributed by atoms with Gasteiger partial charge in [0.1, 0.15) is 5.60 Å². The minimum absolute atomic E-state index is 0.0820. The van der Waals surface area contributed by atoms with Gasteiger partial charge in [-0.2, -0.15) is 0 Å². The molecule has 2 nitrogen and oxygen atoms in total. The first kappa shape index (κ1) is 7.54. The molecule has 2 heterocycles. The molecule has 0 unspecified atom stereocenters. The molecule has 0 N–H and O–H groups in total. The number of ether oxygens (including phenoxy) is 2. The molecule has 0 atom stereocenters. The predicted molar refractivity (Wildman–Crippen MR) is 48.5 cm³/mol. The highest BCUT2D eigenvalue weighted by Crippen LogP contribution is 2.42. The molecule has 1 saturated heterocycles. The maximum absolute atomic E-state index is 5.78. The third-order valence-corrected chi connectivity index (χ3v) is 2.93. The van der Waals surface area contributed by atoms with Gasteiger partial charge < -0.3 is 9.47 Å². The third kappa shape index (κ3) is 0.901. The van der Waals surface area contributed by atoms with Crippen LogP contribution in [-0.4, -0.2) is 13.2 Å². The fraction of sp³-hybridized carbons (Fsp3) is 0.455. The molecule has 1 fully saturated rings. The summed E-state index contributed by atoms with van der Waals surface area (Å²) in [5, 5.41) is 0. The minimum atomic E-state index is -0.0820. The molecule has 2 heteroatoms. The lowest BCUT2D eigenvalue weighted by molar-refractivity contribution is -0.209. The predicted octanol–water partition coefficient (Wildman–Crippen LogP) is 1.75. The van der Waals surface area contributed by atoms with Gasteiger partial charge in [0.2, 0.25) is 0 Å². The van der Waals surface area contributed by atoms with Crippen molar-refractivity contribution in [2.24, 2.45) is 0 Å². The number of fused-ring (bicyclic) bond motifs is 2. The van der Waals surface area contributed by atoms with Crippen LogP contribution in [-0.2, 0) is 21.7 Å². The first-order valence-electron chi connectivity index (χ1n) is 4.62. The molecular formula is C11H12O2. The van der Waals surface area contributed by atoms with Gasteiger partial charge in [0.15, 0.2) is 0 Å². The molecule has 1 aromatic carbocycles. The smallest absolute Gasteiger partial charge is 0.140 e. The first-order chi connectivity index (χ1) is 6.30. The molecule has 68 valence electrons.